The minimum Gasteiger partial charge on any atom is -0.365 e. The lowest BCUT2D eigenvalue weighted by molar-refractivity contribution is 0.0634. The quantitative estimate of drug-likeness (QED) is 0.679. The zero-order chi connectivity index (χ0) is 18.1. The maximum absolute atomic E-state index is 13.1. The average Bonchev–Trinajstić information content (AvgIpc) is 2.70. The zero-order valence-corrected chi connectivity index (χ0v) is 15.3. The highest BCUT2D eigenvalue weighted by Gasteiger charge is 2.33. The van der Waals surface area contributed by atoms with Gasteiger partial charge < -0.3 is 9.80 Å². The molecule has 1 amide bonds. The van der Waals surface area contributed by atoms with Crippen LogP contribution in [0.3, 0.4) is 0 Å². The third-order valence-corrected chi connectivity index (χ3v) is 5.61. The Morgan fingerprint density at radius 1 is 0.808 bits per heavy atom. The molecule has 132 valence electrons. The summed E-state index contributed by atoms with van der Waals surface area (Å²) in [5, 5.41) is 2.28. The summed E-state index contributed by atoms with van der Waals surface area (Å²) in [6.45, 7) is 5.96. The SMILES string of the molecule is C[C@H]1[C@H](C)N(c2ccccc2)CCN1C(=O)c1ccc2ccccc2c1. The Morgan fingerprint density at radius 2 is 1.50 bits per heavy atom. The molecule has 26 heavy (non-hydrogen) atoms. The monoisotopic (exact) mass is 344 g/mol. The summed E-state index contributed by atoms with van der Waals surface area (Å²) in [4.78, 5) is 17.6. The molecule has 0 aromatic heterocycles. The van der Waals surface area contributed by atoms with Crippen LogP contribution in [0.1, 0.15) is 24.2 Å². The maximum Gasteiger partial charge on any atom is 0.254 e. The Labute approximate surface area is 154 Å². The van der Waals surface area contributed by atoms with E-state index in [9.17, 15) is 4.79 Å². The van der Waals surface area contributed by atoms with Crippen molar-refractivity contribution in [1.29, 1.82) is 0 Å². The summed E-state index contributed by atoms with van der Waals surface area (Å²) < 4.78 is 0. The molecule has 0 aliphatic carbocycles. The molecule has 3 nitrogen and oxygen atoms in total. The molecule has 2 atom stereocenters. The second-order valence-electron chi connectivity index (χ2n) is 7.07. The number of carbonyl (C=O) groups excluding carboxylic acids is 1. The van der Waals surface area contributed by atoms with Crippen LogP contribution in [-0.2, 0) is 0 Å². The fourth-order valence-electron chi connectivity index (χ4n) is 3.90. The van der Waals surface area contributed by atoms with Crippen molar-refractivity contribution in [1.82, 2.24) is 4.90 Å². The summed E-state index contributed by atoms with van der Waals surface area (Å²) in [6, 6.07) is 25.1. The van der Waals surface area contributed by atoms with E-state index in [-0.39, 0.29) is 18.0 Å². The summed E-state index contributed by atoms with van der Waals surface area (Å²) >= 11 is 0. The number of fused-ring (bicyclic) bond motifs is 1. The molecule has 0 saturated carbocycles. The van der Waals surface area contributed by atoms with Gasteiger partial charge >= 0.3 is 0 Å². The van der Waals surface area contributed by atoms with E-state index in [1.807, 2.05) is 41.3 Å². The highest BCUT2D eigenvalue weighted by atomic mass is 16.2. The first-order valence-electron chi connectivity index (χ1n) is 9.26. The number of piperazine rings is 1. The van der Waals surface area contributed by atoms with Crippen LogP contribution >= 0.6 is 0 Å². The minimum absolute atomic E-state index is 0.128. The fraction of sp³-hybridized carbons (Fsp3) is 0.261. The van der Waals surface area contributed by atoms with Gasteiger partial charge in [0.25, 0.3) is 5.91 Å². The van der Waals surface area contributed by atoms with Crippen LogP contribution in [-0.4, -0.2) is 36.0 Å². The Kier molecular flexibility index (Phi) is 4.37. The minimum atomic E-state index is 0.128. The van der Waals surface area contributed by atoms with E-state index in [4.69, 9.17) is 0 Å². The molecule has 3 heteroatoms. The van der Waals surface area contributed by atoms with Gasteiger partial charge in [-0.05, 0) is 48.9 Å². The van der Waals surface area contributed by atoms with Crippen molar-refractivity contribution in [3.05, 3.63) is 78.4 Å². The number of hydrogen-bond acceptors (Lipinski definition) is 2. The Morgan fingerprint density at radius 3 is 2.27 bits per heavy atom. The van der Waals surface area contributed by atoms with Crippen LogP contribution in [0.4, 0.5) is 5.69 Å². The van der Waals surface area contributed by atoms with Crippen LogP contribution < -0.4 is 4.90 Å². The normalized spacial score (nSPS) is 20.4. The lowest BCUT2D eigenvalue weighted by Crippen LogP contribution is -2.59. The van der Waals surface area contributed by atoms with Gasteiger partial charge in [0.2, 0.25) is 0 Å². The molecule has 1 aliphatic heterocycles. The van der Waals surface area contributed by atoms with Gasteiger partial charge in [0, 0.05) is 36.4 Å². The van der Waals surface area contributed by atoms with E-state index in [2.05, 4.69) is 55.1 Å². The molecule has 1 saturated heterocycles. The summed E-state index contributed by atoms with van der Waals surface area (Å²) in [6.07, 6.45) is 0. The molecule has 1 aliphatic rings. The number of hydrogen-bond donors (Lipinski definition) is 0. The summed E-state index contributed by atoms with van der Waals surface area (Å²) in [7, 11) is 0. The first kappa shape index (κ1) is 16.6. The van der Waals surface area contributed by atoms with Gasteiger partial charge in [0.1, 0.15) is 0 Å². The fourth-order valence-corrected chi connectivity index (χ4v) is 3.90. The van der Waals surface area contributed by atoms with Gasteiger partial charge in [-0.1, -0.05) is 48.5 Å². The van der Waals surface area contributed by atoms with Crippen molar-refractivity contribution in [2.45, 2.75) is 25.9 Å². The van der Waals surface area contributed by atoms with E-state index < -0.39 is 0 Å². The Hall–Kier alpha value is -2.81. The van der Waals surface area contributed by atoms with E-state index in [1.54, 1.807) is 0 Å². The summed E-state index contributed by atoms with van der Waals surface area (Å²) in [5.74, 6) is 0.128. The molecule has 4 rings (SSSR count). The number of rotatable bonds is 2. The van der Waals surface area contributed by atoms with Crippen molar-refractivity contribution in [3.63, 3.8) is 0 Å². The number of para-hydroxylation sites is 1. The van der Waals surface area contributed by atoms with Gasteiger partial charge in [0.05, 0.1) is 0 Å². The third kappa shape index (κ3) is 2.94. The molecule has 1 heterocycles. The number of benzene rings is 3. The van der Waals surface area contributed by atoms with Crippen molar-refractivity contribution in [2.75, 3.05) is 18.0 Å². The third-order valence-electron chi connectivity index (χ3n) is 5.61. The lowest BCUT2D eigenvalue weighted by atomic mass is 10.0. The largest absolute Gasteiger partial charge is 0.365 e. The average molecular weight is 344 g/mol. The van der Waals surface area contributed by atoms with Crippen LogP contribution in [0.2, 0.25) is 0 Å². The van der Waals surface area contributed by atoms with Gasteiger partial charge in [-0.25, -0.2) is 0 Å². The predicted octanol–water partition coefficient (Wildman–Crippen LogP) is 4.58. The van der Waals surface area contributed by atoms with Gasteiger partial charge in [-0.15, -0.1) is 0 Å². The van der Waals surface area contributed by atoms with Gasteiger partial charge in [-0.3, -0.25) is 4.79 Å². The van der Waals surface area contributed by atoms with Gasteiger partial charge in [0.15, 0.2) is 0 Å². The smallest absolute Gasteiger partial charge is 0.254 e. The first-order chi connectivity index (χ1) is 12.6. The highest BCUT2D eigenvalue weighted by molar-refractivity contribution is 5.98. The van der Waals surface area contributed by atoms with Crippen LogP contribution in [0.15, 0.2) is 72.8 Å². The van der Waals surface area contributed by atoms with Crippen LogP contribution in [0.5, 0.6) is 0 Å². The van der Waals surface area contributed by atoms with E-state index >= 15 is 0 Å². The highest BCUT2D eigenvalue weighted by Crippen LogP contribution is 2.26. The molecule has 0 N–H and O–H groups in total. The topological polar surface area (TPSA) is 23.6 Å². The van der Waals surface area contributed by atoms with E-state index in [0.717, 1.165) is 24.0 Å². The number of nitrogens with zero attached hydrogens (tertiary/aromatic N) is 2. The molecule has 3 aromatic rings. The number of amides is 1. The molecular formula is C23H24N2O. The van der Waals surface area contributed by atoms with Crippen LogP contribution in [0, 0.1) is 0 Å². The number of anilines is 1. The molecular weight excluding hydrogens is 320 g/mol. The Balaban J connectivity index is 1.57. The second-order valence-corrected chi connectivity index (χ2v) is 7.07. The number of carbonyl (C=O) groups is 1. The molecule has 0 radical (unpaired) electrons. The van der Waals surface area contributed by atoms with Crippen molar-refractivity contribution < 1.29 is 4.79 Å². The lowest BCUT2D eigenvalue weighted by Gasteiger charge is -2.46. The van der Waals surface area contributed by atoms with Crippen molar-refractivity contribution in [3.8, 4) is 0 Å². The standard InChI is InChI=1S/C23H24N2O/c1-17-18(2)25(15-14-24(17)22-10-4-3-5-11-22)23(26)21-13-12-19-8-6-7-9-20(19)16-21/h3-13,16-18H,14-15H2,1-2H3/t17-,18-/m0/s1. The van der Waals surface area contributed by atoms with E-state index in [0.29, 0.717) is 0 Å². The second kappa shape index (κ2) is 6.83. The van der Waals surface area contributed by atoms with Gasteiger partial charge in [-0.2, -0.15) is 0 Å². The molecule has 1 fully saturated rings. The zero-order valence-electron chi connectivity index (χ0n) is 15.3. The van der Waals surface area contributed by atoms with Crippen molar-refractivity contribution >= 4 is 22.4 Å². The van der Waals surface area contributed by atoms with Crippen LogP contribution in [0.25, 0.3) is 10.8 Å². The predicted molar refractivity (Wildman–Crippen MR) is 108 cm³/mol. The molecule has 0 unspecified atom stereocenters. The van der Waals surface area contributed by atoms with Crippen molar-refractivity contribution in [2.24, 2.45) is 0 Å². The molecule has 0 bridgehead atoms. The summed E-state index contributed by atoms with van der Waals surface area (Å²) in [5.41, 5.74) is 2.00. The first-order valence-corrected chi connectivity index (χ1v) is 9.26. The molecule has 0 spiro atoms. The molecule has 3 aromatic carbocycles. The Bertz CT molecular complexity index is 922. The maximum atomic E-state index is 13.1. The van der Waals surface area contributed by atoms with E-state index in [1.165, 1.54) is 11.1 Å².